The van der Waals surface area contributed by atoms with Crippen molar-refractivity contribution in [1.82, 2.24) is 46.2 Å². The Morgan fingerprint density at radius 3 is 1.03 bits per heavy atom. The van der Waals surface area contributed by atoms with E-state index in [9.17, 15) is 108 Å². The summed E-state index contributed by atoms with van der Waals surface area (Å²) in [5.41, 5.74) is 7.34. The van der Waals surface area contributed by atoms with Crippen molar-refractivity contribution in [3.63, 3.8) is 0 Å². The normalized spacial score (nSPS) is 17.3. The number of nitrogens with two attached hydrogens (primary N) is 1. The van der Waals surface area contributed by atoms with Crippen LogP contribution < -0.4 is 32.3 Å². The second-order valence-corrected chi connectivity index (χ2v) is 37.8. The Labute approximate surface area is 822 Å². The van der Waals surface area contributed by atoms with Crippen LogP contribution in [0.15, 0.2) is 72.8 Å². The average Bonchev–Trinajstić information content (AvgIpc) is 0.789. The first-order valence-corrected chi connectivity index (χ1v) is 50.7. The lowest BCUT2D eigenvalue weighted by Crippen LogP contribution is -2.53. The molecular formula is C106H164N10O23. The summed E-state index contributed by atoms with van der Waals surface area (Å²) in [6.45, 7) is 12.8. The fourth-order valence-corrected chi connectivity index (χ4v) is 17.2. The molecule has 4 aromatic rings. The minimum Gasteiger partial charge on any atom is -0.507 e. The monoisotopic (exact) mass is 1950 g/mol. The van der Waals surface area contributed by atoms with Crippen LogP contribution in [0.4, 0.5) is 0 Å². The number of aromatic hydroxyl groups is 4. The number of carboxylic acids is 1. The molecular weight excluding hydrogens is 1780 g/mol. The zero-order valence-electron chi connectivity index (χ0n) is 84.6. The Morgan fingerprint density at radius 2 is 0.712 bits per heavy atom. The molecule has 6 rings (SSSR count). The molecule has 0 fully saturated rings. The van der Waals surface area contributed by atoms with Crippen LogP contribution in [0.2, 0.25) is 0 Å². The topological polar surface area (TPSA) is 520 Å². The number of carbonyl (C=O) groups excluding carboxylic acids is 13. The van der Waals surface area contributed by atoms with Crippen molar-refractivity contribution in [2.24, 2.45) is 17.6 Å². The molecule has 2 aliphatic rings. The minimum atomic E-state index is -1.36. The quantitative estimate of drug-likeness (QED) is 0.0183. The maximum atomic E-state index is 14.3. The van der Waals surface area contributed by atoms with E-state index in [1.54, 1.807) is 12.1 Å². The molecule has 4 aromatic carbocycles. The van der Waals surface area contributed by atoms with Gasteiger partial charge in [-0.15, -0.1) is 0 Å². The number of nitrogens with one attached hydrogen (secondary N) is 5. The predicted octanol–water partition coefficient (Wildman–Crippen LogP) is 12.6. The Kier molecular flexibility index (Phi) is 56.6. The van der Waals surface area contributed by atoms with E-state index in [2.05, 4.69) is 47.4 Å². The Morgan fingerprint density at radius 1 is 0.388 bits per heavy atom. The highest BCUT2D eigenvalue weighted by atomic mass is 16.4. The van der Waals surface area contributed by atoms with E-state index in [1.165, 1.54) is 242 Å². The SMILES string of the molecule is CCCC(N)CO.CCCCCCCCCCCCCCCC(=O)N(C)[C@H](CO)C(=O)N[C@H](C)C(=O)CCC(=O)N(C)[C@@H]1C(=O)C[C@@H](C)C(=O)N[C@H](C(=O)N[C@H](CO)CCC)Cc2ccc(O)c(c2)-c2cc1ccc2O.CCCCCCCCCCCCCCCC(=O)N(C)[C@H](CO)C(=O)N[C@H](C)C(=O)CCC(=O)N(C)[C@@H]1C(=O)C[C@@H](C)C(=O)N[C@H](C(=O)O)Cc2ccc(O)c(c2)-c2cc1ccc2O. The third-order valence-electron chi connectivity index (χ3n) is 26.2. The van der Waals surface area contributed by atoms with Gasteiger partial charge in [0.1, 0.15) is 59.2 Å². The highest BCUT2D eigenvalue weighted by molar-refractivity contribution is 5.99. The summed E-state index contributed by atoms with van der Waals surface area (Å²) in [7, 11) is 5.62. The molecule has 0 saturated heterocycles. The number of amides is 9. The summed E-state index contributed by atoms with van der Waals surface area (Å²) in [4.78, 5) is 192. The van der Waals surface area contributed by atoms with Gasteiger partial charge in [0.15, 0.2) is 23.1 Å². The number of phenols is 4. The van der Waals surface area contributed by atoms with Crippen molar-refractivity contribution < 1.29 is 113 Å². The van der Waals surface area contributed by atoms with E-state index >= 15 is 0 Å². The largest absolute Gasteiger partial charge is 0.507 e. The van der Waals surface area contributed by atoms with E-state index in [4.69, 9.17) is 10.8 Å². The highest BCUT2D eigenvalue weighted by Crippen LogP contribution is 2.42. The number of hydrogen-bond acceptors (Lipinski definition) is 23. The zero-order valence-corrected chi connectivity index (χ0v) is 84.6. The van der Waals surface area contributed by atoms with E-state index in [1.807, 2.05) is 6.92 Å². The Balaban J connectivity index is 0.000000544. The van der Waals surface area contributed by atoms with E-state index in [0.717, 1.165) is 61.2 Å². The number of rotatable bonds is 55. The molecule has 0 spiro atoms. The fourth-order valence-electron chi connectivity index (χ4n) is 17.2. The minimum absolute atomic E-state index is 0.00463. The molecule has 9 amide bonds. The smallest absolute Gasteiger partial charge is 0.326 e. The maximum absolute atomic E-state index is 14.3. The van der Waals surface area contributed by atoms with Crippen LogP contribution in [0.3, 0.4) is 0 Å². The van der Waals surface area contributed by atoms with Crippen LogP contribution in [0.25, 0.3) is 22.3 Å². The van der Waals surface area contributed by atoms with Crippen LogP contribution in [0, 0.1) is 11.8 Å². The number of fused-ring (bicyclic) bond motifs is 10. The van der Waals surface area contributed by atoms with Gasteiger partial charge in [-0.05, 0) is 110 Å². The van der Waals surface area contributed by atoms with Gasteiger partial charge in [0.25, 0.3) is 0 Å². The highest BCUT2D eigenvalue weighted by Gasteiger charge is 2.39. The van der Waals surface area contributed by atoms with Gasteiger partial charge in [0, 0.05) is 133 Å². The van der Waals surface area contributed by atoms with Crippen LogP contribution in [0.5, 0.6) is 23.0 Å². The van der Waals surface area contributed by atoms with Gasteiger partial charge in [-0.1, -0.05) is 233 Å². The van der Waals surface area contributed by atoms with Gasteiger partial charge < -0.3 is 97.9 Å². The Bertz CT molecular complexity index is 4560. The van der Waals surface area contributed by atoms with Crippen LogP contribution in [-0.4, -0.2) is 251 Å². The van der Waals surface area contributed by atoms with Crippen molar-refractivity contribution in [3.8, 4) is 45.3 Å². The van der Waals surface area contributed by atoms with Gasteiger partial charge >= 0.3 is 5.97 Å². The number of phenolic OH excluding ortho intramolecular Hbond substituents is 4. The summed E-state index contributed by atoms with van der Waals surface area (Å²) in [6, 6.07) is 6.96. The molecule has 12 atom stereocenters. The van der Waals surface area contributed by atoms with Crippen LogP contribution in [0.1, 0.15) is 334 Å². The van der Waals surface area contributed by atoms with E-state index in [-0.39, 0.29) is 145 Å². The van der Waals surface area contributed by atoms with Crippen LogP contribution >= 0.6 is 0 Å². The van der Waals surface area contributed by atoms with Crippen molar-refractivity contribution >= 4 is 82.3 Å². The van der Waals surface area contributed by atoms with E-state index < -0.39 is 156 Å². The average molecular weight is 1950 g/mol. The molecule has 33 nitrogen and oxygen atoms in total. The summed E-state index contributed by atoms with van der Waals surface area (Å²) < 4.78 is 0. The Hall–Kier alpha value is -10.7. The molecule has 0 radical (unpaired) electrons. The maximum Gasteiger partial charge on any atom is 0.326 e. The van der Waals surface area contributed by atoms with Gasteiger partial charge in [-0.25, -0.2) is 4.79 Å². The number of unbranched alkanes of at least 4 members (excludes halogenated alkanes) is 24. The van der Waals surface area contributed by atoms with Crippen LogP contribution in [-0.2, 0) is 80.0 Å². The molecule has 139 heavy (non-hydrogen) atoms. The lowest BCUT2D eigenvalue weighted by Gasteiger charge is -2.30. The molecule has 0 aliphatic carbocycles. The predicted molar refractivity (Wildman–Crippen MR) is 533 cm³/mol. The number of nitrogens with zero attached hydrogens (tertiary/aromatic N) is 4. The zero-order chi connectivity index (χ0) is 103. The fraction of sp³-hybridized carbons (Fsp3) is 0.642. The molecule has 0 aromatic heterocycles. The van der Waals surface area contributed by atoms with Crippen molar-refractivity contribution in [2.45, 2.75) is 373 Å². The van der Waals surface area contributed by atoms with Gasteiger partial charge in [-0.2, -0.15) is 0 Å². The number of Topliss-reactive ketones (excluding diaryl/α,β-unsaturated/α-hetero) is 4. The number of aliphatic carboxylic acids is 1. The third kappa shape index (κ3) is 41.5. The lowest BCUT2D eigenvalue weighted by molar-refractivity contribution is -0.143. The second-order valence-electron chi connectivity index (χ2n) is 37.8. The standard InChI is InChI=1S/C53H81N5O11.C48H70N4O11.C5H13NO/c1-7-9-10-11-12-13-14-15-16-17-18-19-20-22-48(65)57(5)43(34-60)53(69)54-36(4)44(61)27-28-49(66)58(6)50-38-24-26-46(63)41(32-38)40-30-37(23-25-45(40)62)31-42(52(68)55-39(33-59)21-8-2)56-51(67)35(3)29-47(50)64;1-6-7-8-9-10-11-12-13-14-15-16-17-18-19-43(58)51(4)38(30-53)47(61)49-32(3)39(54)24-25-44(59)52(5)45-34-21-23-41(56)36(29-34)35-27-33(20-22-40(35)55)28-37(48(62)63)50-46(60)31(2)26-42(45)57;1-2-3-5(6)4-7/h23-26,30,32,35-36,39,42-43,50,59-60,62-63H,7-22,27-29,31,33-34H2,1-6H3,(H,54,69)(H,55,68)(H,56,67);20-23,27,29,31-32,37-38,45,53,55-56H,6-19,24-26,28,30H2,1-5H3,(H,49,61)(H,50,60)(H,62,63);5,7H,2-4,6H2,1H3/t35-,36-,39+,42+,43-,50+;31-,32-,37+,38-,45+;/m11./s1. The number of ketones is 4. The first-order chi connectivity index (χ1) is 66.3. The van der Waals surface area contributed by atoms with Gasteiger partial charge in [-0.3, -0.25) is 62.3 Å². The summed E-state index contributed by atoms with van der Waals surface area (Å²) in [5, 5.41) is 105. The molecule has 33 heteroatoms. The third-order valence-corrected chi connectivity index (χ3v) is 26.2. The number of carbonyl (C=O) groups is 14. The number of aliphatic hydroxyl groups is 4. The summed E-state index contributed by atoms with van der Waals surface area (Å²) >= 11 is 0. The molecule has 8 bridgehead atoms. The van der Waals surface area contributed by atoms with Crippen molar-refractivity contribution in [1.29, 1.82) is 0 Å². The number of aliphatic hydroxyl groups excluding tert-OH is 4. The molecule has 1 unspecified atom stereocenters. The number of likely N-dealkylation sites (N-methyl/N-ethyl adjacent to an activating group) is 4. The first-order valence-electron chi connectivity index (χ1n) is 50.7. The first kappa shape index (κ1) is 121. The lowest BCUT2D eigenvalue weighted by atomic mass is 9.89. The van der Waals surface area contributed by atoms with Gasteiger partial charge in [0.2, 0.25) is 53.2 Å². The molecule has 2 heterocycles. The van der Waals surface area contributed by atoms with Gasteiger partial charge in [0.05, 0.1) is 44.6 Å². The number of carboxylic acid groups (broad SMARTS) is 1. The summed E-state index contributed by atoms with van der Waals surface area (Å²) in [6.07, 6.45) is 31.7. The molecule has 2 aliphatic heterocycles. The molecule has 0 saturated carbocycles. The van der Waals surface area contributed by atoms with E-state index in [0.29, 0.717) is 36.8 Å². The number of hydrogen-bond donors (Lipinski definition) is 15. The van der Waals surface area contributed by atoms with Crippen molar-refractivity contribution in [3.05, 3.63) is 95.1 Å². The van der Waals surface area contributed by atoms with Crippen molar-refractivity contribution in [2.75, 3.05) is 54.6 Å². The molecule has 776 valence electrons. The summed E-state index contributed by atoms with van der Waals surface area (Å²) in [5.74, 6) is -11.5. The number of benzene rings is 4. The molecule has 16 N–H and O–H groups in total. The second kappa shape index (κ2) is 65.3.